The van der Waals surface area contributed by atoms with Gasteiger partial charge in [0.2, 0.25) is 0 Å². The van der Waals surface area contributed by atoms with Crippen LogP contribution in [0.15, 0.2) is 11.5 Å². The number of hydrogen-bond acceptors (Lipinski definition) is 0. The van der Waals surface area contributed by atoms with Crippen molar-refractivity contribution in [1.29, 1.82) is 0 Å². The van der Waals surface area contributed by atoms with Crippen LogP contribution in [0.3, 0.4) is 0 Å². The molecule has 0 saturated heterocycles. The first-order valence-corrected chi connectivity index (χ1v) is 13.7. The van der Waals surface area contributed by atoms with Gasteiger partial charge in [0.05, 0.1) is 0 Å². The quantitative estimate of drug-likeness (QED) is 0.499. The zero-order chi connectivity index (χ0) is 5.21. The summed E-state index contributed by atoms with van der Waals surface area (Å²) in [4.78, 5) is 2.11. The third-order valence-corrected chi connectivity index (χ3v) is 4.81. The van der Waals surface area contributed by atoms with Crippen LogP contribution in [0.2, 0.25) is 11.5 Å². The Labute approximate surface area is 53.0 Å². The van der Waals surface area contributed by atoms with Crippen LogP contribution in [-0.4, -0.2) is 9.96 Å². The van der Waals surface area contributed by atoms with E-state index in [-0.39, 0.29) is 0 Å². The van der Waals surface area contributed by atoms with Gasteiger partial charge >= 0.3 is 53.2 Å². The van der Waals surface area contributed by atoms with E-state index >= 15 is 0 Å². The molecular formula is C4H9GeI. The molecule has 0 aliphatic carbocycles. The van der Waals surface area contributed by atoms with Crippen molar-refractivity contribution in [2.24, 2.45) is 0 Å². The normalized spacial score (nSPS) is 11.2. The molecule has 0 saturated carbocycles. The molecule has 0 rings (SSSR count). The maximum atomic E-state index is 3.71. The molecule has 0 aromatic carbocycles. The Kier molecular flexibility index (Phi) is 2.75. The standard InChI is InChI=1S/C4H9GeI/c1-4-5(2,3)6/h4H,1H2,2-3H3. The van der Waals surface area contributed by atoms with Crippen LogP contribution < -0.4 is 0 Å². The molecule has 6 heavy (non-hydrogen) atoms. The Morgan fingerprint density at radius 2 is 1.83 bits per heavy atom. The van der Waals surface area contributed by atoms with E-state index in [4.69, 9.17) is 0 Å². The number of halogens is 1. The van der Waals surface area contributed by atoms with Crippen LogP contribution in [-0.2, 0) is 0 Å². The molecule has 0 N–H and O–H groups in total. The van der Waals surface area contributed by atoms with Gasteiger partial charge in [-0.05, 0) is 0 Å². The van der Waals surface area contributed by atoms with Crippen molar-refractivity contribution in [2.75, 3.05) is 0 Å². The molecule has 0 amide bonds. The van der Waals surface area contributed by atoms with E-state index in [9.17, 15) is 0 Å². The van der Waals surface area contributed by atoms with E-state index < -0.39 is 9.96 Å². The molecule has 0 aliphatic rings. The maximum absolute atomic E-state index is 3.71. The first-order chi connectivity index (χ1) is 2.56. The SMILES string of the molecule is C=[CH][Ge]([CH3])([CH3])[I]. The van der Waals surface area contributed by atoms with Crippen molar-refractivity contribution in [3.05, 3.63) is 11.5 Å². The van der Waals surface area contributed by atoms with Crippen LogP contribution in [0.1, 0.15) is 0 Å². The van der Waals surface area contributed by atoms with Crippen molar-refractivity contribution in [1.82, 2.24) is 0 Å². The molecule has 0 heterocycles. The molecule has 36 valence electrons. The Bertz CT molecular complexity index is 53.1. The molecule has 0 radical (unpaired) electrons. The fourth-order valence-corrected chi connectivity index (χ4v) is 0. The summed E-state index contributed by atoms with van der Waals surface area (Å²) in [6.45, 7) is 3.71. The van der Waals surface area contributed by atoms with Crippen LogP contribution in [0.5, 0.6) is 0 Å². The van der Waals surface area contributed by atoms with Gasteiger partial charge in [0, 0.05) is 0 Å². The average molecular weight is 257 g/mol. The fourth-order valence-electron chi connectivity index (χ4n) is 0. The molecule has 0 bridgehead atoms. The van der Waals surface area contributed by atoms with E-state index in [1.54, 1.807) is 0 Å². The van der Waals surface area contributed by atoms with Crippen molar-refractivity contribution >= 4 is 30.2 Å². The predicted molar refractivity (Wildman–Crippen MR) is 41.7 cm³/mol. The van der Waals surface area contributed by atoms with Gasteiger partial charge in [0.15, 0.2) is 0 Å². The summed E-state index contributed by atoms with van der Waals surface area (Å²) in [7, 11) is -1.31. The molecule has 0 aromatic heterocycles. The van der Waals surface area contributed by atoms with Crippen molar-refractivity contribution in [3.8, 4) is 0 Å². The van der Waals surface area contributed by atoms with Gasteiger partial charge in [-0.3, -0.25) is 0 Å². The molecular weight excluding hydrogens is 248 g/mol. The minimum atomic E-state index is -1.31. The second-order valence-corrected chi connectivity index (χ2v) is 23.6. The zero-order valence-corrected chi connectivity index (χ0v) is 8.42. The summed E-state index contributed by atoms with van der Waals surface area (Å²) in [6.07, 6.45) is 0. The van der Waals surface area contributed by atoms with Crippen molar-refractivity contribution < 1.29 is 0 Å². The summed E-state index contributed by atoms with van der Waals surface area (Å²) in [5.74, 6) is 4.60. The Balaban J connectivity index is 3.45. The summed E-state index contributed by atoms with van der Waals surface area (Å²) in [5, 5.41) is 0. The van der Waals surface area contributed by atoms with Crippen molar-refractivity contribution in [3.63, 3.8) is 0 Å². The minimum absolute atomic E-state index is 1.31. The molecule has 0 fully saturated rings. The Morgan fingerprint density at radius 1 is 1.67 bits per heavy atom. The zero-order valence-electron chi connectivity index (χ0n) is 4.16. The number of hydrogen-bond donors (Lipinski definition) is 0. The Morgan fingerprint density at radius 3 is 1.83 bits per heavy atom. The van der Waals surface area contributed by atoms with Crippen molar-refractivity contribution in [2.45, 2.75) is 11.5 Å². The Hall–Kier alpha value is 1.01. The molecule has 0 spiro atoms. The summed E-state index contributed by atoms with van der Waals surface area (Å²) in [6, 6.07) is 0. The fraction of sp³-hybridized carbons (Fsp3) is 0.500. The molecule has 0 aromatic rings. The van der Waals surface area contributed by atoms with Crippen LogP contribution in [0, 0.1) is 0 Å². The van der Waals surface area contributed by atoms with Gasteiger partial charge in [-0.15, -0.1) is 0 Å². The first kappa shape index (κ1) is 7.01. The van der Waals surface area contributed by atoms with Gasteiger partial charge in [0.1, 0.15) is 0 Å². The molecule has 0 atom stereocenters. The monoisotopic (exact) mass is 258 g/mol. The third kappa shape index (κ3) is 5.01. The van der Waals surface area contributed by atoms with Gasteiger partial charge in [0.25, 0.3) is 0 Å². The average Bonchev–Trinajstić information content (AvgIpc) is 1.35. The topological polar surface area (TPSA) is 0 Å². The molecule has 0 aliphatic heterocycles. The summed E-state index contributed by atoms with van der Waals surface area (Å²) >= 11 is 2.51. The number of rotatable bonds is 1. The molecule has 0 nitrogen and oxygen atoms in total. The van der Waals surface area contributed by atoms with E-state index in [0.717, 1.165) is 0 Å². The van der Waals surface area contributed by atoms with Crippen LogP contribution in [0.4, 0.5) is 0 Å². The van der Waals surface area contributed by atoms with Gasteiger partial charge < -0.3 is 0 Å². The van der Waals surface area contributed by atoms with E-state index in [1.807, 2.05) is 0 Å². The third-order valence-electron chi connectivity index (χ3n) is 0.485. The van der Waals surface area contributed by atoms with E-state index in [0.29, 0.717) is 0 Å². The van der Waals surface area contributed by atoms with E-state index in [1.165, 1.54) is 0 Å². The summed E-state index contributed by atoms with van der Waals surface area (Å²) in [5.41, 5.74) is 0. The first-order valence-electron chi connectivity index (χ1n) is 1.89. The van der Waals surface area contributed by atoms with Gasteiger partial charge in [-0.1, -0.05) is 0 Å². The second-order valence-electron chi connectivity index (χ2n) is 1.77. The summed E-state index contributed by atoms with van der Waals surface area (Å²) < 4.78 is 0. The van der Waals surface area contributed by atoms with Crippen LogP contribution >= 0.6 is 20.2 Å². The van der Waals surface area contributed by atoms with Gasteiger partial charge in [-0.25, -0.2) is 0 Å². The van der Waals surface area contributed by atoms with Crippen LogP contribution in [0.25, 0.3) is 0 Å². The molecule has 0 unspecified atom stereocenters. The molecule has 2 heteroatoms. The van der Waals surface area contributed by atoms with Gasteiger partial charge in [-0.2, -0.15) is 0 Å². The van der Waals surface area contributed by atoms with E-state index in [2.05, 4.69) is 43.2 Å². The predicted octanol–water partition coefficient (Wildman–Crippen LogP) is 2.35. The second kappa shape index (κ2) is 2.35.